The fourth-order valence-electron chi connectivity index (χ4n) is 2.49. The van der Waals surface area contributed by atoms with E-state index in [4.69, 9.17) is 4.74 Å². The molecule has 0 bridgehead atoms. The van der Waals surface area contributed by atoms with Gasteiger partial charge < -0.3 is 4.74 Å². The number of rotatable bonds is 5. The van der Waals surface area contributed by atoms with Crippen LogP contribution >= 0.6 is 11.3 Å². The summed E-state index contributed by atoms with van der Waals surface area (Å²) in [6.07, 6.45) is 3.97. The summed E-state index contributed by atoms with van der Waals surface area (Å²) in [6.45, 7) is 1.63. The summed E-state index contributed by atoms with van der Waals surface area (Å²) in [5.41, 5.74) is 1.18. The molecule has 1 aromatic carbocycles. The van der Waals surface area contributed by atoms with Crippen molar-refractivity contribution >= 4 is 22.1 Å². The minimum atomic E-state index is -0.819. The van der Waals surface area contributed by atoms with Gasteiger partial charge in [0.1, 0.15) is 5.01 Å². The molecule has 2 heterocycles. The summed E-state index contributed by atoms with van der Waals surface area (Å²) in [5.74, 6) is 1.91. The van der Waals surface area contributed by atoms with Crippen LogP contribution in [-0.4, -0.2) is 28.2 Å². The van der Waals surface area contributed by atoms with Crippen LogP contribution in [0.25, 0.3) is 10.4 Å². The first-order chi connectivity index (χ1) is 10.3. The predicted octanol–water partition coefficient (Wildman–Crippen LogP) is 3.49. The zero-order chi connectivity index (χ0) is 14.5. The van der Waals surface area contributed by atoms with Crippen LogP contribution in [0, 0.1) is 5.92 Å². The van der Waals surface area contributed by atoms with Gasteiger partial charge in [0.15, 0.2) is 0 Å². The summed E-state index contributed by atoms with van der Waals surface area (Å²) in [7, 11) is -0.819. The van der Waals surface area contributed by atoms with Crippen molar-refractivity contribution in [3.8, 4) is 10.4 Å². The Morgan fingerprint density at radius 1 is 1.24 bits per heavy atom. The van der Waals surface area contributed by atoms with Gasteiger partial charge in [-0.3, -0.25) is 4.21 Å². The minimum Gasteiger partial charge on any atom is -0.381 e. The van der Waals surface area contributed by atoms with E-state index >= 15 is 0 Å². The van der Waals surface area contributed by atoms with E-state index in [1.54, 1.807) is 11.3 Å². The van der Waals surface area contributed by atoms with Crippen LogP contribution in [0.2, 0.25) is 0 Å². The van der Waals surface area contributed by atoms with Gasteiger partial charge in [-0.15, -0.1) is 11.3 Å². The smallest absolute Gasteiger partial charge is 0.106 e. The van der Waals surface area contributed by atoms with Crippen LogP contribution in [-0.2, 0) is 21.3 Å². The van der Waals surface area contributed by atoms with Crippen LogP contribution in [0.1, 0.15) is 17.8 Å². The van der Waals surface area contributed by atoms with Gasteiger partial charge in [-0.05, 0) is 24.3 Å². The van der Waals surface area contributed by atoms with Gasteiger partial charge in [0, 0.05) is 36.0 Å². The van der Waals surface area contributed by atoms with Crippen molar-refractivity contribution in [1.82, 2.24) is 4.98 Å². The van der Waals surface area contributed by atoms with Gasteiger partial charge in [0.25, 0.3) is 0 Å². The third-order valence-corrected chi connectivity index (χ3v) is 6.33. The van der Waals surface area contributed by atoms with Crippen LogP contribution in [0.5, 0.6) is 0 Å². The van der Waals surface area contributed by atoms with Crippen molar-refractivity contribution in [3.05, 3.63) is 41.5 Å². The molecule has 1 aliphatic heterocycles. The largest absolute Gasteiger partial charge is 0.381 e. The Morgan fingerprint density at radius 3 is 2.76 bits per heavy atom. The molecule has 0 radical (unpaired) electrons. The van der Waals surface area contributed by atoms with E-state index in [0.29, 0.717) is 11.7 Å². The molecule has 1 aromatic heterocycles. The van der Waals surface area contributed by atoms with Gasteiger partial charge in [-0.25, -0.2) is 4.98 Å². The summed E-state index contributed by atoms with van der Waals surface area (Å²) in [4.78, 5) is 5.57. The molecular weight excluding hydrogens is 302 g/mol. The van der Waals surface area contributed by atoms with Crippen LogP contribution in [0.3, 0.4) is 0 Å². The molecule has 0 amide bonds. The van der Waals surface area contributed by atoms with Crippen LogP contribution < -0.4 is 0 Å². The highest BCUT2D eigenvalue weighted by Crippen LogP contribution is 2.27. The number of hydrogen-bond donors (Lipinski definition) is 0. The van der Waals surface area contributed by atoms with Gasteiger partial charge >= 0.3 is 0 Å². The molecule has 1 fully saturated rings. The summed E-state index contributed by atoms with van der Waals surface area (Å²) >= 11 is 1.65. The molecule has 2 aromatic rings. The number of hydrogen-bond acceptors (Lipinski definition) is 4. The Kier molecular flexibility index (Phi) is 5.17. The van der Waals surface area contributed by atoms with E-state index in [9.17, 15) is 4.21 Å². The standard InChI is InChI=1S/C16H19NO2S2/c18-21(11-13-6-8-19-9-7-13)12-16-17-10-15(20-16)14-4-2-1-3-5-14/h1-5,10,13H,6-9,11-12H2. The monoisotopic (exact) mass is 321 g/mol. The summed E-state index contributed by atoms with van der Waals surface area (Å²) in [6, 6.07) is 10.2. The van der Waals surface area contributed by atoms with E-state index in [0.717, 1.165) is 41.7 Å². The molecule has 1 aliphatic rings. The molecule has 0 N–H and O–H groups in total. The molecular formula is C16H19NO2S2. The molecule has 21 heavy (non-hydrogen) atoms. The van der Waals surface area contributed by atoms with Crippen LogP contribution in [0.4, 0.5) is 0 Å². The zero-order valence-corrected chi connectivity index (χ0v) is 13.5. The SMILES string of the molecule is O=S(Cc1ncc(-c2ccccc2)s1)CC1CCOCC1. The second kappa shape index (κ2) is 7.29. The first-order valence-corrected chi connectivity index (χ1v) is 9.54. The Hall–Kier alpha value is -1.04. The number of ether oxygens (including phenoxy) is 1. The lowest BCUT2D eigenvalue weighted by Gasteiger charge is -2.21. The maximum absolute atomic E-state index is 12.3. The topological polar surface area (TPSA) is 39.2 Å². The molecule has 0 aliphatic carbocycles. The number of benzene rings is 1. The van der Waals surface area contributed by atoms with Gasteiger partial charge in [-0.1, -0.05) is 30.3 Å². The van der Waals surface area contributed by atoms with Crippen molar-refractivity contribution in [2.75, 3.05) is 19.0 Å². The molecule has 1 atom stereocenters. The Balaban J connectivity index is 1.58. The third-order valence-electron chi connectivity index (χ3n) is 3.66. The van der Waals surface area contributed by atoms with Crippen molar-refractivity contribution in [2.45, 2.75) is 18.6 Å². The van der Waals surface area contributed by atoms with Crippen molar-refractivity contribution < 1.29 is 8.95 Å². The first-order valence-electron chi connectivity index (χ1n) is 7.24. The second-order valence-electron chi connectivity index (χ2n) is 5.29. The lowest BCUT2D eigenvalue weighted by Crippen LogP contribution is -2.21. The van der Waals surface area contributed by atoms with Gasteiger partial charge in [-0.2, -0.15) is 0 Å². The summed E-state index contributed by atoms with van der Waals surface area (Å²) < 4.78 is 17.6. The molecule has 1 unspecified atom stereocenters. The molecule has 0 spiro atoms. The Labute approximate surface area is 131 Å². The van der Waals surface area contributed by atoms with E-state index in [-0.39, 0.29) is 0 Å². The van der Waals surface area contributed by atoms with Crippen molar-refractivity contribution in [1.29, 1.82) is 0 Å². The van der Waals surface area contributed by atoms with E-state index in [2.05, 4.69) is 17.1 Å². The van der Waals surface area contributed by atoms with E-state index < -0.39 is 10.8 Å². The average Bonchev–Trinajstić information content (AvgIpc) is 2.97. The highest BCUT2D eigenvalue weighted by atomic mass is 32.2. The first kappa shape index (κ1) is 14.9. The molecule has 112 valence electrons. The minimum absolute atomic E-state index is 0.549. The van der Waals surface area contributed by atoms with E-state index in [1.165, 1.54) is 5.56 Å². The van der Waals surface area contributed by atoms with Crippen LogP contribution in [0.15, 0.2) is 36.5 Å². The Bertz CT molecular complexity index is 591. The highest BCUT2D eigenvalue weighted by Gasteiger charge is 2.17. The quantitative estimate of drug-likeness (QED) is 0.846. The fourth-order valence-corrected chi connectivity index (χ4v) is 5.16. The third kappa shape index (κ3) is 4.22. The summed E-state index contributed by atoms with van der Waals surface area (Å²) in [5, 5.41) is 0.972. The normalized spacial score (nSPS) is 17.7. The lowest BCUT2D eigenvalue weighted by molar-refractivity contribution is 0.0725. The average molecular weight is 321 g/mol. The number of thiazole rings is 1. The van der Waals surface area contributed by atoms with Gasteiger partial charge in [0.05, 0.1) is 10.6 Å². The maximum Gasteiger partial charge on any atom is 0.106 e. The fraction of sp³-hybridized carbons (Fsp3) is 0.438. The number of nitrogens with zero attached hydrogens (tertiary/aromatic N) is 1. The van der Waals surface area contributed by atoms with Gasteiger partial charge in [0.2, 0.25) is 0 Å². The lowest BCUT2D eigenvalue weighted by atomic mass is 10.0. The predicted molar refractivity (Wildman–Crippen MR) is 87.8 cm³/mol. The van der Waals surface area contributed by atoms with E-state index in [1.807, 2.05) is 24.4 Å². The molecule has 3 nitrogen and oxygen atoms in total. The second-order valence-corrected chi connectivity index (χ2v) is 7.91. The molecule has 3 rings (SSSR count). The molecule has 1 saturated heterocycles. The van der Waals surface area contributed by atoms with Crippen molar-refractivity contribution in [3.63, 3.8) is 0 Å². The number of aromatic nitrogens is 1. The zero-order valence-electron chi connectivity index (χ0n) is 11.9. The maximum atomic E-state index is 12.3. The van der Waals surface area contributed by atoms with Crippen molar-refractivity contribution in [2.24, 2.45) is 5.92 Å². The molecule has 0 saturated carbocycles. The Morgan fingerprint density at radius 2 is 2.00 bits per heavy atom. The highest BCUT2D eigenvalue weighted by molar-refractivity contribution is 7.84. The molecule has 5 heteroatoms.